The third kappa shape index (κ3) is 2.50. The molecule has 2 atom stereocenters. The van der Waals surface area contributed by atoms with Gasteiger partial charge in [-0.25, -0.2) is 0 Å². The normalized spacial score (nSPS) is 20.4. The number of rotatable bonds is 3. The summed E-state index contributed by atoms with van der Waals surface area (Å²) < 4.78 is 0. The lowest BCUT2D eigenvalue weighted by molar-refractivity contribution is 0.100. The van der Waals surface area contributed by atoms with E-state index in [-0.39, 0.29) is 6.10 Å². The predicted molar refractivity (Wildman–Crippen MR) is 76.0 cm³/mol. The highest BCUT2D eigenvalue weighted by molar-refractivity contribution is 7.09. The third-order valence-corrected chi connectivity index (χ3v) is 4.82. The first kappa shape index (κ1) is 11.9. The average molecular weight is 258 g/mol. The molecule has 1 aliphatic carbocycles. The molecule has 1 heterocycles. The Morgan fingerprint density at radius 3 is 2.78 bits per heavy atom. The molecule has 0 amide bonds. The largest absolute Gasteiger partial charge is 0.392 e. The second kappa shape index (κ2) is 5.25. The number of aliphatic hydroxyl groups is 1. The van der Waals surface area contributed by atoms with Gasteiger partial charge in [-0.1, -0.05) is 30.3 Å². The molecule has 0 aliphatic heterocycles. The highest BCUT2D eigenvalue weighted by atomic mass is 32.1. The van der Waals surface area contributed by atoms with Gasteiger partial charge in [0.2, 0.25) is 0 Å². The monoisotopic (exact) mass is 258 g/mol. The van der Waals surface area contributed by atoms with Crippen molar-refractivity contribution in [3.05, 3.63) is 57.8 Å². The number of hydrogen-bond acceptors (Lipinski definition) is 2. The highest BCUT2D eigenvalue weighted by Crippen LogP contribution is 2.29. The van der Waals surface area contributed by atoms with Crippen LogP contribution in [-0.2, 0) is 19.3 Å². The molecule has 3 rings (SSSR count). The summed E-state index contributed by atoms with van der Waals surface area (Å²) >= 11 is 1.74. The van der Waals surface area contributed by atoms with Crippen LogP contribution >= 0.6 is 11.3 Å². The first-order valence-corrected chi connectivity index (χ1v) is 7.48. The van der Waals surface area contributed by atoms with Crippen LogP contribution in [0, 0.1) is 5.92 Å². The second-order valence-corrected chi connectivity index (χ2v) is 6.15. The molecule has 0 saturated carbocycles. The number of thiophene rings is 1. The lowest BCUT2D eigenvalue weighted by Crippen LogP contribution is -2.28. The van der Waals surface area contributed by atoms with E-state index < -0.39 is 0 Å². The molecule has 94 valence electrons. The zero-order chi connectivity index (χ0) is 12.4. The number of aliphatic hydroxyl groups excluding tert-OH is 1. The van der Waals surface area contributed by atoms with E-state index in [0.29, 0.717) is 5.92 Å². The van der Waals surface area contributed by atoms with Crippen molar-refractivity contribution in [2.24, 2.45) is 5.92 Å². The lowest BCUT2D eigenvalue weighted by atomic mass is 9.80. The molecule has 0 radical (unpaired) electrons. The fourth-order valence-electron chi connectivity index (χ4n) is 2.86. The lowest BCUT2D eigenvalue weighted by Gasteiger charge is -2.28. The molecule has 2 aromatic rings. The fourth-order valence-corrected chi connectivity index (χ4v) is 3.61. The van der Waals surface area contributed by atoms with Crippen LogP contribution < -0.4 is 0 Å². The Morgan fingerprint density at radius 1 is 1.17 bits per heavy atom. The molecule has 1 aliphatic rings. The maximum Gasteiger partial charge on any atom is 0.0619 e. The van der Waals surface area contributed by atoms with E-state index in [9.17, 15) is 5.11 Å². The molecular formula is C16H18OS. The van der Waals surface area contributed by atoms with Crippen molar-refractivity contribution < 1.29 is 5.11 Å². The van der Waals surface area contributed by atoms with Gasteiger partial charge in [-0.15, -0.1) is 11.3 Å². The van der Waals surface area contributed by atoms with Gasteiger partial charge in [0.15, 0.2) is 0 Å². The Morgan fingerprint density at radius 2 is 2.00 bits per heavy atom. The van der Waals surface area contributed by atoms with E-state index in [0.717, 1.165) is 25.7 Å². The van der Waals surface area contributed by atoms with E-state index in [2.05, 4.69) is 41.8 Å². The van der Waals surface area contributed by atoms with Gasteiger partial charge >= 0.3 is 0 Å². The molecule has 0 bridgehead atoms. The van der Waals surface area contributed by atoms with Gasteiger partial charge in [0.1, 0.15) is 0 Å². The van der Waals surface area contributed by atoms with Crippen LogP contribution in [0.15, 0.2) is 41.8 Å². The first-order valence-electron chi connectivity index (χ1n) is 6.60. The van der Waals surface area contributed by atoms with Gasteiger partial charge in [0.05, 0.1) is 6.10 Å². The fraction of sp³-hybridized carbons (Fsp3) is 0.375. The summed E-state index contributed by atoms with van der Waals surface area (Å²) in [6.45, 7) is 0. The van der Waals surface area contributed by atoms with E-state index in [1.165, 1.54) is 16.0 Å². The van der Waals surface area contributed by atoms with Gasteiger partial charge in [0, 0.05) is 11.3 Å². The summed E-state index contributed by atoms with van der Waals surface area (Å²) in [6, 6.07) is 12.8. The quantitative estimate of drug-likeness (QED) is 0.894. The Labute approximate surface area is 112 Å². The summed E-state index contributed by atoms with van der Waals surface area (Å²) in [6.07, 6.45) is 3.87. The van der Waals surface area contributed by atoms with Crippen LogP contribution in [0.2, 0.25) is 0 Å². The summed E-state index contributed by atoms with van der Waals surface area (Å²) in [5, 5.41) is 12.5. The Hall–Kier alpha value is -1.12. The van der Waals surface area contributed by atoms with Gasteiger partial charge in [-0.3, -0.25) is 0 Å². The SMILES string of the molecule is OC(Cc1cccs1)C1CCc2ccccc2C1. The van der Waals surface area contributed by atoms with Crippen molar-refractivity contribution in [3.8, 4) is 0 Å². The van der Waals surface area contributed by atoms with Crippen LogP contribution in [-0.4, -0.2) is 11.2 Å². The van der Waals surface area contributed by atoms with Crippen molar-refractivity contribution in [1.29, 1.82) is 0 Å². The molecule has 0 spiro atoms. The summed E-state index contributed by atoms with van der Waals surface area (Å²) in [4.78, 5) is 1.29. The topological polar surface area (TPSA) is 20.2 Å². The molecule has 2 unspecified atom stereocenters. The molecule has 1 aromatic heterocycles. The summed E-state index contributed by atoms with van der Waals surface area (Å²) in [5.41, 5.74) is 2.90. The Kier molecular flexibility index (Phi) is 3.48. The van der Waals surface area contributed by atoms with Crippen molar-refractivity contribution in [2.75, 3.05) is 0 Å². The average Bonchev–Trinajstić information content (AvgIpc) is 2.91. The Bertz CT molecular complexity index is 504. The summed E-state index contributed by atoms with van der Waals surface area (Å²) in [5.74, 6) is 0.419. The first-order chi connectivity index (χ1) is 8.83. The van der Waals surface area contributed by atoms with E-state index in [4.69, 9.17) is 0 Å². The molecule has 0 fully saturated rings. The van der Waals surface area contributed by atoms with Crippen molar-refractivity contribution in [3.63, 3.8) is 0 Å². The number of fused-ring (bicyclic) bond motifs is 1. The zero-order valence-electron chi connectivity index (χ0n) is 10.4. The maximum atomic E-state index is 10.4. The van der Waals surface area contributed by atoms with Gasteiger partial charge in [-0.2, -0.15) is 0 Å². The molecule has 1 aromatic carbocycles. The molecule has 1 nitrogen and oxygen atoms in total. The standard InChI is InChI=1S/C16H18OS/c17-16(11-15-6-3-9-18-15)14-8-7-12-4-1-2-5-13(12)10-14/h1-6,9,14,16-17H,7-8,10-11H2. The Balaban J connectivity index is 1.68. The minimum absolute atomic E-state index is 0.197. The number of aryl methyl sites for hydroxylation is 1. The van der Waals surface area contributed by atoms with E-state index in [1.807, 2.05) is 0 Å². The molecular weight excluding hydrogens is 240 g/mol. The van der Waals surface area contributed by atoms with Crippen LogP contribution in [0.4, 0.5) is 0 Å². The van der Waals surface area contributed by atoms with Crippen LogP contribution in [0.25, 0.3) is 0 Å². The van der Waals surface area contributed by atoms with Gasteiger partial charge in [0.25, 0.3) is 0 Å². The van der Waals surface area contributed by atoms with Gasteiger partial charge in [-0.05, 0) is 47.8 Å². The molecule has 18 heavy (non-hydrogen) atoms. The second-order valence-electron chi connectivity index (χ2n) is 5.12. The third-order valence-electron chi connectivity index (χ3n) is 3.92. The molecule has 0 saturated heterocycles. The van der Waals surface area contributed by atoms with Crippen LogP contribution in [0.5, 0.6) is 0 Å². The maximum absolute atomic E-state index is 10.4. The van der Waals surface area contributed by atoms with Crippen molar-refractivity contribution in [2.45, 2.75) is 31.8 Å². The number of hydrogen-bond donors (Lipinski definition) is 1. The van der Waals surface area contributed by atoms with E-state index >= 15 is 0 Å². The summed E-state index contributed by atoms with van der Waals surface area (Å²) in [7, 11) is 0. The minimum atomic E-state index is -0.197. The smallest absolute Gasteiger partial charge is 0.0619 e. The van der Waals surface area contributed by atoms with Crippen molar-refractivity contribution >= 4 is 11.3 Å². The van der Waals surface area contributed by atoms with Gasteiger partial charge < -0.3 is 5.11 Å². The zero-order valence-corrected chi connectivity index (χ0v) is 11.2. The molecule has 1 N–H and O–H groups in total. The van der Waals surface area contributed by atoms with Crippen LogP contribution in [0.3, 0.4) is 0 Å². The van der Waals surface area contributed by atoms with Crippen LogP contribution in [0.1, 0.15) is 22.4 Å². The molecule has 2 heteroatoms. The predicted octanol–water partition coefficient (Wildman–Crippen LogP) is 3.46. The van der Waals surface area contributed by atoms with Crippen molar-refractivity contribution in [1.82, 2.24) is 0 Å². The van der Waals surface area contributed by atoms with E-state index in [1.54, 1.807) is 11.3 Å². The highest BCUT2D eigenvalue weighted by Gasteiger charge is 2.24. The minimum Gasteiger partial charge on any atom is -0.392 e. The number of benzene rings is 1.